The molecular weight excluding hydrogens is 260 g/mol. The summed E-state index contributed by atoms with van der Waals surface area (Å²) in [6, 6.07) is 6.73. The molecule has 4 heteroatoms. The van der Waals surface area contributed by atoms with Crippen molar-refractivity contribution in [3.63, 3.8) is 0 Å². The van der Waals surface area contributed by atoms with E-state index in [0.717, 1.165) is 42.5 Å². The van der Waals surface area contributed by atoms with Gasteiger partial charge in [0.1, 0.15) is 0 Å². The van der Waals surface area contributed by atoms with Crippen LogP contribution in [0.4, 0.5) is 5.69 Å². The predicted molar refractivity (Wildman–Crippen MR) is 83.2 cm³/mol. The van der Waals surface area contributed by atoms with Crippen LogP contribution in [0.25, 0.3) is 0 Å². The number of nitrogens with zero attached hydrogens (tertiary/aromatic N) is 1. The van der Waals surface area contributed by atoms with Crippen LogP contribution in [0.5, 0.6) is 0 Å². The molecule has 0 aliphatic heterocycles. The second kappa shape index (κ2) is 8.41. The predicted octanol–water partition coefficient (Wildman–Crippen LogP) is 3.31. The van der Waals surface area contributed by atoms with Crippen molar-refractivity contribution in [2.75, 3.05) is 31.7 Å². The van der Waals surface area contributed by atoms with Crippen molar-refractivity contribution in [1.82, 2.24) is 5.32 Å². The molecule has 0 aliphatic carbocycles. The molecule has 0 heterocycles. The number of likely N-dealkylation sites (N-methyl/N-ethyl adjacent to an activating group) is 1. The Kier molecular flexibility index (Phi) is 7.21. The van der Waals surface area contributed by atoms with E-state index in [1.165, 1.54) is 0 Å². The fourth-order valence-electron chi connectivity index (χ4n) is 1.86. The Morgan fingerprint density at radius 3 is 2.63 bits per heavy atom. The summed E-state index contributed by atoms with van der Waals surface area (Å²) < 4.78 is 5.13. The van der Waals surface area contributed by atoms with E-state index < -0.39 is 0 Å². The number of halogens is 1. The minimum atomic E-state index is 0.463. The van der Waals surface area contributed by atoms with Crippen LogP contribution in [0.2, 0.25) is 5.02 Å². The third-order valence-corrected chi connectivity index (χ3v) is 3.40. The summed E-state index contributed by atoms with van der Waals surface area (Å²) in [5.41, 5.74) is 2.29. The monoisotopic (exact) mass is 284 g/mol. The van der Waals surface area contributed by atoms with E-state index in [4.69, 9.17) is 16.3 Å². The number of methoxy groups -OCH3 is 1. The lowest BCUT2D eigenvalue weighted by molar-refractivity contribution is 0.205. The highest BCUT2D eigenvalue weighted by Crippen LogP contribution is 2.23. The fourth-order valence-corrected chi connectivity index (χ4v) is 2.10. The Balaban J connectivity index is 2.73. The molecule has 0 atom stereocenters. The van der Waals surface area contributed by atoms with Gasteiger partial charge in [-0.3, -0.25) is 0 Å². The van der Waals surface area contributed by atoms with Crippen molar-refractivity contribution in [2.24, 2.45) is 0 Å². The van der Waals surface area contributed by atoms with Gasteiger partial charge in [0.15, 0.2) is 0 Å². The molecule has 1 aromatic carbocycles. The second-order valence-corrected chi connectivity index (χ2v) is 5.29. The van der Waals surface area contributed by atoms with Gasteiger partial charge in [0.2, 0.25) is 0 Å². The second-order valence-electron chi connectivity index (χ2n) is 4.88. The topological polar surface area (TPSA) is 24.5 Å². The van der Waals surface area contributed by atoms with Crippen LogP contribution in [0.1, 0.15) is 26.3 Å². The first-order valence-electron chi connectivity index (χ1n) is 6.84. The third-order valence-electron chi connectivity index (χ3n) is 3.05. The SMILES string of the molecule is CCN(CCOC)c1ccc(CNC(C)C)c(Cl)c1. The van der Waals surface area contributed by atoms with E-state index in [0.29, 0.717) is 6.04 Å². The summed E-state index contributed by atoms with van der Waals surface area (Å²) in [6.45, 7) is 9.76. The molecular formula is C15H25ClN2O. The summed E-state index contributed by atoms with van der Waals surface area (Å²) in [4.78, 5) is 2.26. The summed E-state index contributed by atoms with van der Waals surface area (Å²) in [7, 11) is 1.72. The highest BCUT2D eigenvalue weighted by atomic mass is 35.5. The van der Waals surface area contributed by atoms with Crippen LogP contribution in [0, 0.1) is 0 Å². The van der Waals surface area contributed by atoms with E-state index in [1.807, 2.05) is 6.07 Å². The molecule has 3 nitrogen and oxygen atoms in total. The number of hydrogen-bond donors (Lipinski definition) is 1. The number of ether oxygens (including phenoxy) is 1. The van der Waals surface area contributed by atoms with E-state index in [-0.39, 0.29) is 0 Å². The molecule has 0 saturated carbocycles. The van der Waals surface area contributed by atoms with Gasteiger partial charge in [0.05, 0.1) is 6.61 Å². The van der Waals surface area contributed by atoms with E-state index in [2.05, 4.69) is 43.1 Å². The summed E-state index contributed by atoms with van der Waals surface area (Å²) >= 11 is 6.35. The fraction of sp³-hybridized carbons (Fsp3) is 0.600. The molecule has 0 bridgehead atoms. The summed E-state index contributed by atoms with van der Waals surface area (Å²) in [5, 5.41) is 4.20. The molecule has 19 heavy (non-hydrogen) atoms. The van der Waals surface area contributed by atoms with Gasteiger partial charge in [0, 0.05) is 43.5 Å². The van der Waals surface area contributed by atoms with Gasteiger partial charge in [-0.2, -0.15) is 0 Å². The average Bonchev–Trinajstić information content (AvgIpc) is 2.38. The first-order valence-corrected chi connectivity index (χ1v) is 7.22. The molecule has 0 fully saturated rings. The lowest BCUT2D eigenvalue weighted by Gasteiger charge is -2.23. The number of benzene rings is 1. The van der Waals surface area contributed by atoms with Gasteiger partial charge in [0.25, 0.3) is 0 Å². The van der Waals surface area contributed by atoms with E-state index >= 15 is 0 Å². The molecule has 1 aromatic rings. The van der Waals surface area contributed by atoms with Crippen molar-refractivity contribution >= 4 is 17.3 Å². The Labute approximate surface area is 121 Å². The number of anilines is 1. The Hall–Kier alpha value is -0.770. The van der Waals surface area contributed by atoms with Gasteiger partial charge < -0.3 is 15.0 Å². The zero-order valence-electron chi connectivity index (χ0n) is 12.4. The highest BCUT2D eigenvalue weighted by molar-refractivity contribution is 6.31. The van der Waals surface area contributed by atoms with E-state index in [1.54, 1.807) is 7.11 Å². The first kappa shape index (κ1) is 16.3. The molecule has 0 aliphatic rings. The summed E-state index contributed by atoms with van der Waals surface area (Å²) in [5.74, 6) is 0. The third kappa shape index (κ3) is 5.39. The largest absolute Gasteiger partial charge is 0.383 e. The average molecular weight is 285 g/mol. The van der Waals surface area contributed by atoms with Gasteiger partial charge >= 0.3 is 0 Å². The van der Waals surface area contributed by atoms with Crippen LogP contribution in [-0.2, 0) is 11.3 Å². The molecule has 0 radical (unpaired) electrons. The maximum absolute atomic E-state index is 6.35. The number of nitrogens with one attached hydrogen (secondary N) is 1. The van der Waals surface area contributed by atoms with Gasteiger partial charge in [-0.15, -0.1) is 0 Å². The molecule has 0 saturated heterocycles. The minimum absolute atomic E-state index is 0.463. The molecule has 0 spiro atoms. The van der Waals surface area contributed by atoms with Crippen molar-refractivity contribution in [3.05, 3.63) is 28.8 Å². The number of rotatable bonds is 8. The van der Waals surface area contributed by atoms with Crippen LogP contribution < -0.4 is 10.2 Å². The Morgan fingerprint density at radius 1 is 1.37 bits per heavy atom. The Morgan fingerprint density at radius 2 is 2.11 bits per heavy atom. The first-order chi connectivity index (χ1) is 9.08. The van der Waals surface area contributed by atoms with Crippen molar-refractivity contribution in [1.29, 1.82) is 0 Å². The van der Waals surface area contributed by atoms with Gasteiger partial charge in [-0.1, -0.05) is 31.5 Å². The van der Waals surface area contributed by atoms with E-state index in [9.17, 15) is 0 Å². The van der Waals surface area contributed by atoms with Crippen molar-refractivity contribution < 1.29 is 4.74 Å². The highest BCUT2D eigenvalue weighted by Gasteiger charge is 2.07. The molecule has 0 unspecified atom stereocenters. The lowest BCUT2D eigenvalue weighted by atomic mass is 10.1. The lowest BCUT2D eigenvalue weighted by Crippen LogP contribution is -2.27. The Bertz CT molecular complexity index is 382. The van der Waals surface area contributed by atoms with Gasteiger partial charge in [-0.25, -0.2) is 0 Å². The van der Waals surface area contributed by atoms with Crippen molar-refractivity contribution in [2.45, 2.75) is 33.4 Å². The summed E-state index contributed by atoms with van der Waals surface area (Å²) in [6.07, 6.45) is 0. The zero-order valence-corrected chi connectivity index (χ0v) is 13.1. The molecule has 108 valence electrons. The standard InChI is InChI=1S/C15H25ClN2O/c1-5-18(8-9-19-4)14-7-6-13(15(16)10-14)11-17-12(2)3/h6-7,10,12,17H,5,8-9,11H2,1-4H3. The smallest absolute Gasteiger partial charge is 0.0637 e. The zero-order chi connectivity index (χ0) is 14.3. The molecule has 0 aromatic heterocycles. The molecule has 1 N–H and O–H groups in total. The van der Waals surface area contributed by atoms with Crippen LogP contribution >= 0.6 is 11.6 Å². The molecule has 1 rings (SSSR count). The quantitative estimate of drug-likeness (QED) is 0.793. The normalized spacial score (nSPS) is 11.1. The maximum atomic E-state index is 6.35. The maximum Gasteiger partial charge on any atom is 0.0637 e. The number of hydrogen-bond acceptors (Lipinski definition) is 3. The van der Waals surface area contributed by atoms with Crippen LogP contribution in [-0.4, -0.2) is 32.8 Å². The van der Waals surface area contributed by atoms with Crippen molar-refractivity contribution in [3.8, 4) is 0 Å². The molecule has 0 amide bonds. The minimum Gasteiger partial charge on any atom is -0.383 e. The van der Waals surface area contributed by atoms with Crippen LogP contribution in [0.15, 0.2) is 18.2 Å². The van der Waals surface area contributed by atoms with Gasteiger partial charge in [-0.05, 0) is 24.6 Å². The van der Waals surface area contributed by atoms with Crippen LogP contribution in [0.3, 0.4) is 0 Å².